The second kappa shape index (κ2) is 7.40. The van der Waals surface area contributed by atoms with Crippen LogP contribution in [0.3, 0.4) is 0 Å². The number of rotatable bonds is 7. The van der Waals surface area contributed by atoms with Crippen LogP contribution in [0.4, 0.5) is 0 Å². The largest absolute Gasteiger partial charge is 0.467 e. The summed E-state index contributed by atoms with van der Waals surface area (Å²) in [7, 11) is 0. The van der Waals surface area contributed by atoms with Crippen molar-refractivity contribution in [2.75, 3.05) is 18.6 Å². The van der Waals surface area contributed by atoms with E-state index in [9.17, 15) is 4.79 Å². The molecule has 5 heteroatoms. The molecule has 1 heterocycles. The molecule has 0 radical (unpaired) electrons. The molecule has 0 saturated heterocycles. The van der Waals surface area contributed by atoms with Gasteiger partial charge in [0.15, 0.2) is 0 Å². The third-order valence-electron chi connectivity index (χ3n) is 2.57. The van der Waals surface area contributed by atoms with Gasteiger partial charge in [-0.05, 0) is 37.5 Å². The SMILES string of the molecule is CCN(Cc1ccco1)C(=O)[C@@H](N)CCSC. The molecular formula is C12H20N2O2S. The van der Waals surface area contributed by atoms with Crippen LogP contribution in [0, 0.1) is 0 Å². The molecule has 0 aliphatic rings. The highest BCUT2D eigenvalue weighted by atomic mass is 32.2. The highest BCUT2D eigenvalue weighted by Gasteiger charge is 2.20. The van der Waals surface area contributed by atoms with Crippen LogP contribution in [0.2, 0.25) is 0 Å². The first-order valence-corrected chi connectivity index (χ1v) is 7.14. The van der Waals surface area contributed by atoms with Gasteiger partial charge in [0.2, 0.25) is 5.91 Å². The molecule has 1 rings (SSSR count). The summed E-state index contributed by atoms with van der Waals surface area (Å²) in [5, 5.41) is 0. The third-order valence-corrected chi connectivity index (χ3v) is 3.21. The average Bonchev–Trinajstić information content (AvgIpc) is 2.84. The fraction of sp³-hybridized carbons (Fsp3) is 0.583. The van der Waals surface area contributed by atoms with E-state index in [4.69, 9.17) is 10.2 Å². The summed E-state index contributed by atoms with van der Waals surface area (Å²) >= 11 is 1.70. The van der Waals surface area contributed by atoms with E-state index >= 15 is 0 Å². The Morgan fingerprint density at radius 3 is 2.94 bits per heavy atom. The quantitative estimate of drug-likeness (QED) is 0.807. The summed E-state index contributed by atoms with van der Waals surface area (Å²) in [6.07, 6.45) is 4.34. The molecule has 0 unspecified atom stereocenters. The summed E-state index contributed by atoms with van der Waals surface area (Å²) in [6, 6.07) is 3.28. The summed E-state index contributed by atoms with van der Waals surface area (Å²) in [6.45, 7) is 3.09. The Balaban J connectivity index is 2.51. The normalized spacial score (nSPS) is 12.4. The van der Waals surface area contributed by atoms with Crippen LogP contribution in [0.1, 0.15) is 19.1 Å². The second-order valence-electron chi connectivity index (χ2n) is 3.82. The van der Waals surface area contributed by atoms with Gasteiger partial charge in [-0.3, -0.25) is 4.79 Å². The number of hydrogen-bond donors (Lipinski definition) is 1. The van der Waals surface area contributed by atoms with E-state index in [0.29, 0.717) is 19.5 Å². The van der Waals surface area contributed by atoms with Crippen LogP contribution in [0.5, 0.6) is 0 Å². The molecule has 1 amide bonds. The monoisotopic (exact) mass is 256 g/mol. The molecule has 2 N–H and O–H groups in total. The first kappa shape index (κ1) is 14.1. The first-order chi connectivity index (χ1) is 8.19. The smallest absolute Gasteiger partial charge is 0.239 e. The van der Waals surface area contributed by atoms with Crippen molar-refractivity contribution in [1.29, 1.82) is 0 Å². The number of nitrogens with zero attached hydrogens (tertiary/aromatic N) is 1. The fourth-order valence-corrected chi connectivity index (χ4v) is 2.03. The molecule has 1 aromatic heterocycles. The van der Waals surface area contributed by atoms with Crippen molar-refractivity contribution in [3.63, 3.8) is 0 Å². The highest BCUT2D eigenvalue weighted by Crippen LogP contribution is 2.08. The molecule has 96 valence electrons. The molecule has 0 bridgehead atoms. The zero-order valence-electron chi connectivity index (χ0n) is 10.4. The molecule has 0 aromatic carbocycles. The zero-order chi connectivity index (χ0) is 12.7. The molecular weight excluding hydrogens is 236 g/mol. The van der Waals surface area contributed by atoms with Crippen LogP contribution in [0.25, 0.3) is 0 Å². The standard InChI is InChI=1S/C12H20N2O2S/c1-3-14(9-10-5-4-7-16-10)12(15)11(13)6-8-17-2/h4-5,7,11H,3,6,8-9,13H2,1-2H3/t11-/m0/s1. The Hall–Kier alpha value is -0.940. The molecule has 1 atom stereocenters. The molecule has 0 saturated carbocycles. The van der Waals surface area contributed by atoms with Gasteiger partial charge in [0, 0.05) is 6.54 Å². The van der Waals surface area contributed by atoms with E-state index in [0.717, 1.165) is 11.5 Å². The van der Waals surface area contributed by atoms with Crippen molar-refractivity contribution in [1.82, 2.24) is 4.90 Å². The first-order valence-electron chi connectivity index (χ1n) is 5.74. The Labute approximate surface area is 107 Å². The van der Waals surface area contributed by atoms with E-state index in [1.165, 1.54) is 0 Å². The van der Waals surface area contributed by atoms with Crippen molar-refractivity contribution in [2.24, 2.45) is 5.73 Å². The van der Waals surface area contributed by atoms with Gasteiger partial charge in [0.25, 0.3) is 0 Å². The van der Waals surface area contributed by atoms with Crippen LogP contribution in [-0.4, -0.2) is 35.4 Å². The third kappa shape index (κ3) is 4.44. The molecule has 0 fully saturated rings. The lowest BCUT2D eigenvalue weighted by molar-refractivity contribution is -0.133. The summed E-state index contributed by atoms with van der Waals surface area (Å²) < 4.78 is 5.24. The van der Waals surface area contributed by atoms with Gasteiger partial charge in [-0.15, -0.1) is 0 Å². The van der Waals surface area contributed by atoms with E-state index in [-0.39, 0.29) is 5.91 Å². The zero-order valence-corrected chi connectivity index (χ0v) is 11.2. The van der Waals surface area contributed by atoms with Crippen molar-refractivity contribution in [2.45, 2.75) is 25.9 Å². The molecule has 0 spiro atoms. The number of hydrogen-bond acceptors (Lipinski definition) is 4. The van der Waals surface area contributed by atoms with E-state index in [1.54, 1.807) is 22.9 Å². The van der Waals surface area contributed by atoms with Crippen molar-refractivity contribution >= 4 is 17.7 Å². The van der Waals surface area contributed by atoms with Crippen LogP contribution >= 0.6 is 11.8 Å². The predicted octanol–water partition coefficient (Wildman–Crippen LogP) is 1.71. The number of furan rings is 1. The number of carbonyl (C=O) groups excluding carboxylic acids is 1. The number of likely N-dealkylation sites (N-methyl/N-ethyl adjacent to an activating group) is 1. The summed E-state index contributed by atoms with van der Waals surface area (Å²) in [5.74, 6) is 1.70. The van der Waals surface area contributed by atoms with Gasteiger partial charge < -0.3 is 15.1 Å². The Kier molecular flexibility index (Phi) is 6.15. The van der Waals surface area contributed by atoms with Crippen molar-refractivity contribution in [3.8, 4) is 0 Å². The fourth-order valence-electron chi connectivity index (χ4n) is 1.54. The van der Waals surface area contributed by atoms with Crippen LogP contribution in [-0.2, 0) is 11.3 Å². The molecule has 1 aromatic rings. The minimum Gasteiger partial charge on any atom is -0.467 e. The minimum atomic E-state index is -0.405. The van der Waals surface area contributed by atoms with Gasteiger partial charge in [0.1, 0.15) is 5.76 Å². The topological polar surface area (TPSA) is 59.5 Å². The van der Waals surface area contributed by atoms with Gasteiger partial charge in [-0.2, -0.15) is 11.8 Å². The number of amides is 1. The van der Waals surface area contributed by atoms with Gasteiger partial charge in [-0.1, -0.05) is 0 Å². The van der Waals surface area contributed by atoms with Crippen molar-refractivity contribution < 1.29 is 9.21 Å². The Morgan fingerprint density at radius 2 is 2.41 bits per heavy atom. The maximum Gasteiger partial charge on any atom is 0.239 e. The number of carbonyl (C=O) groups is 1. The van der Waals surface area contributed by atoms with E-state index < -0.39 is 6.04 Å². The van der Waals surface area contributed by atoms with Gasteiger partial charge in [0.05, 0.1) is 18.8 Å². The number of thioether (sulfide) groups is 1. The predicted molar refractivity (Wildman–Crippen MR) is 70.8 cm³/mol. The lowest BCUT2D eigenvalue weighted by Crippen LogP contribution is -2.43. The summed E-state index contributed by atoms with van der Waals surface area (Å²) in [5.41, 5.74) is 5.87. The molecule has 17 heavy (non-hydrogen) atoms. The highest BCUT2D eigenvalue weighted by molar-refractivity contribution is 7.98. The van der Waals surface area contributed by atoms with Crippen molar-refractivity contribution in [3.05, 3.63) is 24.2 Å². The lowest BCUT2D eigenvalue weighted by Gasteiger charge is -2.23. The van der Waals surface area contributed by atoms with Gasteiger partial charge >= 0.3 is 0 Å². The molecule has 0 aliphatic heterocycles. The van der Waals surface area contributed by atoms with E-state index in [2.05, 4.69) is 0 Å². The maximum atomic E-state index is 12.1. The van der Waals surface area contributed by atoms with E-state index in [1.807, 2.05) is 25.3 Å². The summed E-state index contributed by atoms with van der Waals surface area (Å²) in [4.78, 5) is 13.8. The van der Waals surface area contributed by atoms with Gasteiger partial charge in [-0.25, -0.2) is 0 Å². The maximum absolute atomic E-state index is 12.1. The molecule has 4 nitrogen and oxygen atoms in total. The molecule has 0 aliphatic carbocycles. The average molecular weight is 256 g/mol. The second-order valence-corrected chi connectivity index (χ2v) is 4.81. The Bertz CT molecular complexity index is 327. The Morgan fingerprint density at radius 1 is 1.65 bits per heavy atom. The lowest BCUT2D eigenvalue weighted by atomic mass is 10.2. The van der Waals surface area contributed by atoms with Crippen LogP contribution in [0.15, 0.2) is 22.8 Å². The minimum absolute atomic E-state index is 0.00190. The number of nitrogens with two attached hydrogens (primary N) is 1. The van der Waals surface area contributed by atoms with Crippen LogP contribution < -0.4 is 5.73 Å².